The molecule has 3 N–H and O–H groups in total. The topological polar surface area (TPSA) is 111 Å². The molecule has 1 aromatic heterocycles. The van der Waals surface area contributed by atoms with Crippen LogP contribution in [0.4, 0.5) is 5.69 Å². The van der Waals surface area contributed by atoms with Crippen LogP contribution in [0, 0.1) is 6.92 Å². The van der Waals surface area contributed by atoms with Gasteiger partial charge in [-0.1, -0.05) is 11.2 Å². The lowest BCUT2D eigenvalue weighted by atomic mass is 10.2. The van der Waals surface area contributed by atoms with Crippen LogP contribution in [0.1, 0.15) is 11.4 Å². The summed E-state index contributed by atoms with van der Waals surface area (Å²) in [5, 5.41) is 3.51. The van der Waals surface area contributed by atoms with E-state index in [0.717, 1.165) is 12.0 Å². The van der Waals surface area contributed by atoms with E-state index in [-0.39, 0.29) is 17.3 Å². The number of anilines is 1. The zero-order chi connectivity index (χ0) is 13.2. The van der Waals surface area contributed by atoms with Gasteiger partial charge in [-0.25, -0.2) is 13.1 Å². The Morgan fingerprint density at radius 3 is 2.83 bits per heavy atom. The molecule has 0 bridgehead atoms. The van der Waals surface area contributed by atoms with Crippen molar-refractivity contribution in [2.75, 3.05) is 5.73 Å². The number of nitrogens with one attached hydrogen (secondary N) is 1. The first kappa shape index (κ1) is 12.5. The maximum absolute atomic E-state index is 11.9. The number of hydrogen-bond donors (Lipinski definition) is 2. The number of aryl methyl sites for hydroxylation is 1. The second-order valence-corrected chi connectivity index (χ2v) is 5.46. The minimum atomic E-state index is -3.63. The van der Waals surface area contributed by atoms with E-state index in [1.807, 2.05) is 0 Å². The van der Waals surface area contributed by atoms with E-state index >= 15 is 0 Å². The number of aromatic nitrogens is 2. The zero-order valence-corrected chi connectivity index (χ0v) is 10.4. The highest BCUT2D eigenvalue weighted by Crippen LogP contribution is 2.17. The molecule has 1 heterocycles. The number of nitrogen functional groups attached to an aromatic ring is 1. The first-order valence-electron chi connectivity index (χ1n) is 5.10. The quantitative estimate of drug-likeness (QED) is 0.778. The average Bonchev–Trinajstić information content (AvgIpc) is 2.83. The van der Waals surface area contributed by atoms with Gasteiger partial charge < -0.3 is 10.3 Å². The minimum absolute atomic E-state index is 0.0351. The first-order chi connectivity index (χ1) is 8.49. The van der Waals surface area contributed by atoms with Gasteiger partial charge in [-0.05, 0) is 24.6 Å². The predicted molar refractivity (Wildman–Crippen MR) is 63.9 cm³/mol. The summed E-state index contributed by atoms with van der Waals surface area (Å²) in [7, 11) is -3.63. The van der Waals surface area contributed by atoms with E-state index in [4.69, 9.17) is 5.73 Å². The minimum Gasteiger partial charge on any atom is -0.398 e. The Labute approximate surface area is 104 Å². The number of rotatable bonds is 4. The van der Waals surface area contributed by atoms with Crippen LogP contribution >= 0.6 is 0 Å². The Morgan fingerprint density at radius 1 is 1.44 bits per heavy atom. The first-order valence-corrected chi connectivity index (χ1v) is 6.58. The molecule has 0 saturated carbocycles. The van der Waals surface area contributed by atoms with Crippen LogP contribution in [0.15, 0.2) is 34.0 Å². The molecule has 0 atom stereocenters. The summed E-state index contributed by atoms with van der Waals surface area (Å²) in [4.78, 5) is 3.82. The van der Waals surface area contributed by atoms with Crippen molar-refractivity contribution in [3.63, 3.8) is 0 Å². The summed E-state index contributed by atoms with van der Waals surface area (Å²) in [5.41, 5.74) is 6.93. The van der Waals surface area contributed by atoms with Gasteiger partial charge in [0.1, 0.15) is 0 Å². The second kappa shape index (κ2) is 4.75. The molecule has 7 nitrogen and oxygen atoms in total. The Kier molecular flexibility index (Phi) is 3.30. The molecule has 0 saturated heterocycles. The van der Waals surface area contributed by atoms with Crippen molar-refractivity contribution in [2.24, 2.45) is 0 Å². The highest BCUT2D eigenvalue weighted by atomic mass is 32.2. The van der Waals surface area contributed by atoms with Gasteiger partial charge >= 0.3 is 0 Å². The molecule has 2 aromatic rings. The lowest BCUT2D eigenvalue weighted by Crippen LogP contribution is -2.24. The molecule has 2 rings (SSSR count). The molecule has 0 unspecified atom stereocenters. The van der Waals surface area contributed by atoms with Gasteiger partial charge in [0.15, 0.2) is 5.82 Å². The summed E-state index contributed by atoms with van der Waals surface area (Å²) >= 11 is 0. The van der Waals surface area contributed by atoms with Crippen LogP contribution in [0.5, 0.6) is 0 Å². The summed E-state index contributed by atoms with van der Waals surface area (Å²) in [5.74, 6) is 0.263. The zero-order valence-electron chi connectivity index (χ0n) is 9.62. The molecule has 1 aromatic carbocycles. The molecular weight excluding hydrogens is 256 g/mol. The SMILES string of the molecule is Cc1ccc(S(=O)(=O)NCc2ncon2)cc1N. The van der Waals surface area contributed by atoms with Crippen molar-refractivity contribution >= 4 is 15.7 Å². The van der Waals surface area contributed by atoms with Gasteiger partial charge in [-0.3, -0.25) is 0 Å². The van der Waals surface area contributed by atoms with Crippen molar-refractivity contribution < 1.29 is 12.9 Å². The summed E-state index contributed by atoms with van der Waals surface area (Å²) in [6, 6.07) is 4.55. The summed E-state index contributed by atoms with van der Waals surface area (Å²) in [6.07, 6.45) is 1.13. The fraction of sp³-hybridized carbons (Fsp3) is 0.200. The molecule has 0 aliphatic rings. The third-order valence-electron chi connectivity index (χ3n) is 2.39. The Bertz CT molecular complexity index is 637. The van der Waals surface area contributed by atoms with Crippen LogP contribution in [0.2, 0.25) is 0 Å². The lowest BCUT2D eigenvalue weighted by molar-refractivity contribution is 0.409. The van der Waals surface area contributed by atoms with Crippen molar-refractivity contribution in [1.29, 1.82) is 0 Å². The van der Waals surface area contributed by atoms with Crippen LogP contribution < -0.4 is 10.5 Å². The van der Waals surface area contributed by atoms with Crippen LogP contribution in [-0.4, -0.2) is 18.6 Å². The van der Waals surface area contributed by atoms with Gasteiger partial charge in [0, 0.05) is 5.69 Å². The molecule has 18 heavy (non-hydrogen) atoms. The summed E-state index contributed by atoms with van der Waals surface area (Å²) < 4.78 is 30.7. The Morgan fingerprint density at radius 2 is 2.22 bits per heavy atom. The molecule has 0 fully saturated rings. The highest BCUT2D eigenvalue weighted by molar-refractivity contribution is 7.89. The highest BCUT2D eigenvalue weighted by Gasteiger charge is 2.15. The fourth-order valence-corrected chi connectivity index (χ4v) is 2.31. The Hall–Kier alpha value is -1.93. The molecule has 8 heteroatoms. The normalized spacial score (nSPS) is 11.6. The van der Waals surface area contributed by atoms with E-state index in [1.54, 1.807) is 13.0 Å². The van der Waals surface area contributed by atoms with Crippen molar-refractivity contribution in [3.8, 4) is 0 Å². The third-order valence-corrected chi connectivity index (χ3v) is 3.79. The number of nitrogens with two attached hydrogens (primary N) is 1. The monoisotopic (exact) mass is 268 g/mol. The van der Waals surface area contributed by atoms with Gasteiger partial charge in [-0.15, -0.1) is 0 Å². The number of hydrogen-bond acceptors (Lipinski definition) is 6. The average molecular weight is 268 g/mol. The van der Waals surface area contributed by atoms with E-state index < -0.39 is 10.0 Å². The number of sulfonamides is 1. The van der Waals surface area contributed by atoms with E-state index in [0.29, 0.717) is 5.69 Å². The molecule has 0 amide bonds. The molecule has 0 spiro atoms. The van der Waals surface area contributed by atoms with Crippen molar-refractivity contribution in [3.05, 3.63) is 36.0 Å². The second-order valence-electron chi connectivity index (χ2n) is 3.69. The maximum Gasteiger partial charge on any atom is 0.241 e. The number of benzene rings is 1. The molecule has 0 aliphatic heterocycles. The number of nitrogens with zero attached hydrogens (tertiary/aromatic N) is 2. The van der Waals surface area contributed by atoms with E-state index in [2.05, 4.69) is 19.4 Å². The lowest BCUT2D eigenvalue weighted by Gasteiger charge is -2.07. The van der Waals surface area contributed by atoms with Crippen LogP contribution in [0.3, 0.4) is 0 Å². The van der Waals surface area contributed by atoms with Crippen LogP contribution in [0.25, 0.3) is 0 Å². The summed E-state index contributed by atoms with van der Waals surface area (Å²) in [6.45, 7) is 1.77. The molecular formula is C10H12N4O3S. The van der Waals surface area contributed by atoms with Gasteiger partial charge in [0.25, 0.3) is 0 Å². The van der Waals surface area contributed by atoms with Crippen molar-refractivity contribution in [1.82, 2.24) is 14.9 Å². The standard InChI is InChI=1S/C10H12N4O3S/c1-7-2-3-8(4-9(7)11)18(15,16)13-5-10-12-6-17-14-10/h2-4,6,13H,5,11H2,1H3. The van der Waals surface area contributed by atoms with Crippen molar-refractivity contribution in [2.45, 2.75) is 18.4 Å². The van der Waals surface area contributed by atoms with Crippen LogP contribution in [-0.2, 0) is 16.6 Å². The Balaban J connectivity index is 2.17. The third kappa shape index (κ3) is 2.66. The van der Waals surface area contributed by atoms with Gasteiger partial charge in [-0.2, -0.15) is 4.98 Å². The fourth-order valence-electron chi connectivity index (χ4n) is 1.30. The molecule has 96 valence electrons. The van der Waals surface area contributed by atoms with Gasteiger partial charge in [0.2, 0.25) is 16.4 Å². The van der Waals surface area contributed by atoms with E-state index in [1.165, 1.54) is 12.1 Å². The van der Waals surface area contributed by atoms with Gasteiger partial charge in [0.05, 0.1) is 11.4 Å². The molecule has 0 radical (unpaired) electrons. The predicted octanol–water partition coefficient (Wildman–Crippen LogP) is 0.439. The van der Waals surface area contributed by atoms with E-state index in [9.17, 15) is 8.42 Å². The molecule has 0 aliphatic carbocycles. The largest absolute Gasteiger partial charge is 0.398 e. The smallest absolute Gasteiger partial charge is 0.241 e. The maximum atomic E-state index is 11.9.